The minimum Gasteiger partial charge on any atom is -0.392 e. The molecular formula is C19H16N4O2. The summed E-state index contributed by atoms with van der Waals surface area (Å²) in [6, 6.07) is 19.4. The number of aromatic nitrogens is 4. The van der Waals surface area contributed by atoms with E-state index in [-0.39, 0.29) is 6.61 Å². The molecule has 0 spiro atoms. The third-order valence-corrected chi connectivity index (χ3v) is 3.92. The van der Waals surface area contributed by atoms with Crippen LogP contribution >= 0.6 is 0 Å². The minimum absolute atomic E-state index is 0.0300. The molecule has 0 fully saturated rings. The summed E-state index contributed by atoms with van der Waals surface area (Å²) in [6.07, 6.45) is 1.86. The maximum absolute atomic E-state index is 9.10. The van der Waals surface area contributed by atoms with Gasteiger partial charge < -0.3 is 9.63 Å². The van der Waals surface area contributed by atoms with Crippen LogP contribution < -0.4 is 0 Å². The third kappa shape index (κ3) is 3.34. The molecule has 25 heavy (non-hydrogen) atoms. The van der Waals surface area contributed by atoms with Crippen LogP contribution in [0.4, 0.5) is 0 Å². The topological polar surface area (TPSA) is 77.0 Å². The van der Waals surface area contributed by atoms with Crippen LogP contribution in [0.25, 0.3) is 22.5 Å². The van der Waals surface area contributed by atoms with Crippen molar-refractivity contribution in [3.8, 4) is 22.5 Å². The molecule has 4 rings (SSSR count). The van der Waals surface area contributed by atoms with Gasteiger partial charge in [0.1, 0.15) is 17.9 Å². The second kappa shape index (κ2) is 6.70. The van der Waals surface area contributed by atoms with E-state index in [0.29, 0.717) is 12.3 Å². The summed E-state index contributed by atoms with van der Waals surface area (Å²) in [5, 5.41) is 21.5. The van der Waals surface area contributed by atoms with Crippen molar-refractivity contribution < 1.29 is 9.63 Å². The molecule has 0 saturated heterocycles. The van der Waals surface area contributed by atoms with E-state index in [1.165, 1.54) is 0 Å². The maximum Gasteiger partial charge on any atom is 0.158 e. The van der Waals surface area contributed by atoms with Crippen molar-refractivity contribution in [3.05, 3.63) is 78.2 Å². The molecule has 0 aliphatic heterocycles. The number of rotatable bonds is 5. The van der Waals surface area contributed by atoms with Gasteiger partial charge in [-0.15, -0.1) is 5.10 Å². The van der Waals surface area contributed by atoms with Crippen molar-refractivity contribution in [1.29, 1.82) is 0 Å². The maximum atomic E-state index is 9.10. The van der Waals surface area contributed by atoms with Crippen LogP contribution in [0.5, 0.6) is 0 Å². The molecule has 0 saturated carbocycles. The zero-order valence-corrected chi connectivity index (χ0v) is 13.4. The van der Waals surface area contributed by atoms with Crippen LogP contribution in [0, 0.1) is 0 Å². The molecule has 0 radical (unpaired) electrons. The predicted octanol–water partition coefficient (Wildman–Crippen LogP) is 3.14. The van der Waals surface area contributed by atoms with Crippen molar-refractivity contribution in [1.82, 2.24) is 20.2 Å². The number of aliphatic hydroxyl groups is 1. The highest BCUT2D eigenvalue weighted by Gasteiger charge is 2.09. The highest BCUT2D eigenvalue weighted by Crippen LogP contribution is 2.20. The van der Waals surface area contributed by atoms with Gasteiger partial charge in [-0.25, -0.2) is 4.68 Å². The zero-order valence-electron chi connectivity index (χ0n) is 13.4. The first-order chi connectivity index (χ1) is 12.3. The van der Waals surface area contributed by atoms with Gasteiger partial charge in [-0.3, -0.25) is 0 Å². The van der Waals surface area contributed by atoms with E-state index in [1.54, 1.807) is 4.68 Å². The molecule has 1 N–H and O–H groups in total. The summed E-state index contributed by atoms with van der Waals surface area (Å²) in [6.45, 7) is 0.490. The van der Waals surface area contributed by atoms with Gasteiger partial charge in [-0.2, -0.15) is 0 Å². The first-order valence-corrected chi connectivity index (χ1v) is 7.93. The second-order valence-corrected chi connectivity index (χ2v) is 5.70. The van der Waals surface area contributed by atoms with E-state index in [0.717, 1.165) is 28.1 Å². The Balaban J connectivity index is 1.50. The average molecular weight is 332 g/mol. The van der Waals surface area contributed by atoms with Crippen molar-refractivity contribution in [3.63, 3.8) is 0 Å². The minimum atomic E-state index is 0.0300. The average Bonchev–Trinajstić information content (AvgIpc) is 3.33. The Bertz CT molecular complexity index is 959. The Morgan fingerprint density at radius 3 is 2.44 bits per heavy atom. The molecule has 4 aromatic rings. The van der Waals surface area contributed by atoms with Gasteiger partial charge in [0.25, 0.3) is 0 Å². The van der Waals surface area contributed by atoms with Gasteiger partial charge in [0, 0.05) is 17.2 Å². The number of hydrogen-bond acceptors (Lipinski definition) is 5. The lowest BCUT2D eigenvalue weighted by molar-refractivity contribution is 0.282. The van der Waals surface area contributed by atoms with E-state index in [9.17, 15) is 0 Å². The molecule has 2 aromatic heterocycles. The molecule has 0 aliphatic rings. The lowest BCUT2D eigenvalue weighted by atomic mass is 10.1. The van der Waals surface area contributed by atoms with Gasteiger partial charge in [-0.05, 0) is 5.56 Å². The van der Waals surface area contributed by atoms with Crippen LogP contribution in [0.3, 0.4) is 0 Å². The third-order valence-electron chi connectivity index (χ3n) is 3.92. The molecule has 0 amide bonds. The van der Waals surface area contributed by atoms with E-state index < -0.39 is 0 Å². The monoisotopic (exact) mass is 332 g/mol. The largest absolute Gasteiger partial charge is 0.392 e. The zero-order chi connectivity index (χ0) is 17.1. The Kier molecular flexibility index (Phi) is 4.10. The second-order valence-electron chi connectivity index (χ2n) is 5.70. The lowest BCUT2D eigenvalue weighted by Gasteiger charge is -1.98. The molecular weight excluding hydrogens is 316 g/mol. The van der Waals surface area contributed by atoms with E-state index in [1.807, 2.05) is 66.9 Å². The van der Waals surface area contributed by atoms with Crippen LogP contribution in [-0.2, 0) is 13.2 Å². The summed E-state index contributed by atoms with van der Waals surface area (Å²) in [5.41, 5.74) is 4.40. The van der Waals surface area contributed by atoms with Crippen LogP contribution in [0.15, 0.2) is 71.4 Å². The Labute approximate surface area is 144 Å². The van der Waals surface area contributed by atoms with Crippen molar-refractivity contribution in [2.24, 2.45) is 0 Å². The molecule has 0 atom stereocenters. The normalized spacial score (nSPS) is 10.9. The summed E-state index contributed by atoms with van der Waals surface area (Å²) in [5.74, 6) is 0.714. The summed E-state index contributed by atoms with van der Waals surface area (Å²) < 4.78 is 7.11. The van der Waals surface area contributed by atoms with Gasteiger partial charge in [0.05, 0.1) is 12.8 Å². The fraction of sp³-hybridized carbons (Fsp3) is 0.105. The number of aliphatic hydroxyl groups excluding tert-OH is 1. The molecule has 0 unspecified atom stereocenters. The molecule has 2 aromatic carbocycles. The van der Waals surface area contributed by atoms with Gasteiger partial charge in [0.2, 0.25) is 0 Å². The number of benzene rings is 2. The smallest absolute Gasteiger partial charge is 0.158 e. The highest BCUT2D eigenvalue weighted by molar-refractivity contribution is 5.59. The van der Waals surface area contributed by atoms with E-state index in [4.69, 9.17) is 9.63 Å². The quantitative estimate of drug-likeness (QED) is 0.607. The molecule has 6 nitrogen and oxygen atoms in total. The van der Waals surface area contributed by atoms with E-state index >= 15 is 0 Å². The molecule has 0 bridgehead atoms. The van der Waals surface area contributed by atoms with Gasteiger partial charge in [-0.1, -0.05) is 65.0 Å². The van der Waals surface area contributed by atoms with Crippen molar-refractivity contribution in [2.45, 2.75) is 13.2 Å². The van der Waals surface area contributed by atoms with Crippen molar-refractivity contribution in [2.75, 3.05) is 0 Å². The predicted molar refractivity (Wildman–Crippen MR) is 92.4 cm³/mol. The fourth-order valence-electron chi connectivity index (χ4n) is 2.58. The SMILES string of the molecule is OCc1ccc(-c2cn(Cc3cc(-c4ccccc4)no3)nn2)cc1. The summed E-state index contributed by atoms with van der Waals surface area (Å²) in [7, 11) is 0. The standard InChI is InChI=1S/C19H16N4O2/c24-13-14-6-8-16(9-7-14)19-12-23(22-20-19)11-17-10-18(21-25-17)15-4-2-1-3-5-15/h1-10,12,24H,11,13H2. The van der Waals surface area contributed by atoms with Crippen molar-refractivity contribution >= 4 is 0 Å². The molecule has 124 valence electrons. The Hall–Kier alpha value is -3.25. The summed E-state index contributed by atoms with van der Waals surface area (Å²) in [4.78, 5) is 0. The molecule has 2 heterocycles. The summed E-state index contributed by atoms with van der Waals surface area (Å²) >= 11 is 0. The lowest BCUT2D eigenvalue weighted by Crippen LogP contribution is -1.98. The Morgan fingerprint density at radius 1 is 0.920 bits per heavy atom. The van der Waals surface area contributed by atoms with Crippen LogP contribution in [-0.4, -0.2) is 25.3 Å². The van der Waals surface area contributed by atoms with Crippen LogP contribution in [0.1, 0.15) is 11.3 Å². The first kappa shape index (κ1) is 15.3. The van der Waals surface area contributed by atoms with Gasteiger partial charge in [0.15, 0.2) is 5.76 Å². The first-order valence-electron chi connectivity index (χ1n) is 7.93. The molecule has 0 aliphatic carbocycles. The highest BCUT2D eigenvalue weighted by atomic mass is 16.5. The van der Waals surface area contributed by atoms with E-state index in [2.05, 4.69) is 15.5 Å². The fourth-order valence-corrected chi connectivity index (χ4v) is 2.58. The molecule has 6 heteroatoms. The Morgan fingerprint density at radius 2 is 1.68 bits per heavy atom. The number of nitrogens with zero attached hydrogens (tertiary/aromatic N) is 4. The van der Waals surface area contributed by atoms with Gasteiger partial charge >= 0.3 is 0 Å². The van der Waals surface area contributed by atoms with Crippen LogP contribution in [0.2, 0.25) is 0 Å². The number of hydrogen-bond donors (Lipinski definition) is 1.